The molecule has 9 heteroatoms. The highest BCUT2D eigenvalue weighted by Gasteiger charge is 2.28. The van der Waals surface area contributed by atoms with Crippen molar-refractivity contribution in [1.82, 2.24) is 20.4 Å². The quantitative estimate of drug-likeness (QED) is 0.611. The van der Waals surface area contributed by atoms with Crippen molar-refractivity contribution < 1.29 is 14.1 Å². The minimum Gasteiger partial charge on any atom is -0.419 e. The van der Waals surface area contributed by atoms with Crippen LogP contribution in [-0.4, -0.2) is 45.1 Å². The summed E-state index contributed by atoms with van der Waals surface area (Å²) in [7, 11) is 0. The lowest BCUT2D eigenvalue weighted by atomic mass is 10.0. The van der Waals surface area contributed by atoms with Gasteiger partial charge in [-0.1, -0.05) is 6.92 Å². The average Bonchev–Trinajstić information content (AvgIpc) is 3.17. The molecule has 1 fully saturated rings. The highest BCUT2D eigenvalue weighted by atomic mass is 16.6. The molecule has 9 nitrogen and oxygen atoms in total. The number of nitro benzene ring substituents is 1. The molecule has 0 spiro atoms. The van der Waals surface area contributed by atoms with Crippen LogP contribution in [0.3, 0.4) is 0 Å². The Bertz CT molecular complexity index is 804. The number of nitrogens with one attached hydrogen (secondary N) is 1. The van der Waals surface area contributed by atoms with E-state index >= 15 is 0 Å². The van der Waals surface area contributed by atoms with Gasteiger partial charge in [-0.3, -0.25) is 19.8 Å². The Morgan fingerprint density at radius 2 is 2.15 bits per heavy atom. The van der Waals surface area contributed by atoms with Crippen molar-refractivity contribution in [3.8, 4) is 11.5 Å². The maximum Gasteiger partial charge on any atom is 0.269 e. The van der Waals surface area contributed by atoms with Crippen LogP contribution in [0.1, 0.15) is 45.0 Å². The summed E-state index contributed by atoms with van der Waals surface area (Å²) in [6, 6.07) is 6.06. The predicted octanol–water partition coefficient (Wildman–Crippen LogP) is 2.70. The number of nitrogens with zero attached hydrogens (tertiary/aromatic N) is 4. The first kappa shape index (κ1) is 19.0. The zero-order valence-electron chi connectivity index (χ0n) is 15.4. The lowest BCUT2D eigenvalue weighted by Gasteiger charge is -2.35. The number of carbonyl (C=O) groups excluding carboxylic acids is 1. The zero-order chi connectivity index (χ0) is 19.4. The fraction of sp³-hybridized carbons (Fsp3) is 0.500. The smallest absolute Gasteiger partial charge is 0.269 e. The molecule has 2 atom stereocenters. The van der Waals surface area contributed by atoms with Crippen LogP contribution in [0.4, 0.5) is 5.69 Å². The number of nitro groups is 1. The molecule has 144 valence electrons. The number of hydrogen-bond donors (Lipinski definition) is 1. The van der Waals surface area contributed by atoms with Gasteiger partial charge in [-0.15, -0.1) is 10.2 Å². The van der Waals surface area contributed by atoms with E-state index in [1.807, 2.05) is 13.8 Å². The van der Waals surface area contributed by atoms with E-state index in [-0.39, 0.29) is 23.7 Å². The lowest BCUT2D eigenvalue weighted by Crippen LogP contribution is -2.48. The zero-order valence-corrected chi connectivity index (χ0v) is 15.4. The van der Waals surface area contributed by atoms with Crippen LogP contribution >= 0.6 is 0 Å². The summed E-state index contributed by atoms with van der Waals surface area (Å²) in [5, 5.41) is 22.0. The first-order valence-corrected chi connectivity index (χ1v) is 9.09. The molecule has 2 aromatic rings. The third-order valence-corrected chi connectivity index (χ3v) is 4.81. The Hall–Kier alpha value is -2.81. The first-order valence-electron chi connectivity index (χ1n) is 9.09. The standard InChI is InChI=1S/C18H23N5O4/c1-3-16(24)19-14-5-4-10-22(11-14)12(2)17-20-21-18(27-17)13-6-8-15(9-7-13)23(25)26/h6-9,12,14H,3-5,10-11H2,1-2H3,(H,19,24). The van der Waals surface area contributed by atoms with Crippen LogP contribution in [0.5, 0.6) is 0 Å². The van der Waals surface area contributed by atoms with Crippen LogP contribution in [0.25, 0.3) is 11.5 Å². The Labute approximate surface area is 156 Å². The summed E-state index contributed by atoms with van der Waals surface area (Å²) < 4.78 is 5.80. The van der Waals surface area contributed by atoms with E-state index < -0.39 is 4.92 Å². The SMILES string of the molecule is CCC(=O)NC1CCCN(C(C)c2nnc(-c3ccc([N+](=O)[O-])cc3)o2)C1. The van der Waals surface area contributed by atoms with Gasteiger partial charge in [0.25, 0.3) is 5.69 Å². The molecule has 2 heterocycles. The van der Waals surface area contributed by atoms with Crippen molar-refractivity contribution in [2.24, 2.45) is 0 Å². The van der Waals surface area contributed by atoms with Crippen molar-refractivity contribution in [3.63, 3.8) is 0 Å². The maximum atomic E-state index is 11.6. The van der Waals surface area contributed by atoms with Crippen LogP contribution in [0.2, 0.25) is 0 Å². The summed E-state index contributed by atoms with van der Waals surface area (Å²) in [6.45, 7) is 5.48. The molecule has 0 radical (unpaired) electrons. The van der Waals surface area contributed by atoms with Gasteiger partial charge in [0.1, 0.15) is 0 Å². The van der Waals surface area contributed by atoms with Crippen molar-refractivity contribution in [2.75, 3.05) is 13.1 Å². The van der Waals surface area contributed by atoms with E-state index in [1.54, 1.807) is 12.1 Å². The lowest BCUT2D eigenvalue weighted by molar-refractivity contribution is -0.384. The van der Waals surface area contributed by atoms with E-state index in [2.05, 4.69) is 20.4 Å². The molecule has 0 saturated carbocycles. The Morgan fingerprint density at radius 1 is 1.41 bits per heavy atom. The topological polar surface area (TPSA) is 114 Å². The van der Waals surface area contributed by atoms with E-state index in [9.17, 15) is 14.9 Å². The molecule has 27 heavy (non-hydrogen) atoms. The van der Waals surface area contributed by atoms with Gasteiger partial charge >= 0.3 is 0 Å². The number of non-ortho nitro benzene ring substituents is 1. The molecular weight excluding hydrogens is 350 g/mol. The van der Waals surface area contributed by atoms with Crippen LogP contribution in [0, 0.1) is 10.1 Å². The van der Waals surface area contributed by atoms with Crippen LogP contribution in [0.15, 0.2) is 28.7 Å². The van der Waals surface area contributed by atoms with Gasteiger partial charge in [0.05, 0.1) is 11.0 Å². The minimum absolute atomic E-state index is 0.0142. The van der Waals surface area contributed by atoms with Crippen LogP contribution in [-0.2, 0) is 4.79 Å². The van der Waals surface area contributed by atoms with E-state index in [1.165, 1.54) is 12.1 Å². The second-order valence-corrected chi connectivity index (χ2v) is 6.68. The van der Waals surface area contributed by atoms with Gasteiger partial charge < -0.3 is 9.73 Å². The number of carbonyl (C=O) groups is 1. The Kier molecular flexibility index (Phi) is 5.80. The number of aromatic nitrogens is 2. The molecule has 1 N–H and O–H groups in total. The van der Waals surface area contributed by atoms with Gasteiger partial charge in [0.2, 0.25) is 17.7 Å². The van der Waals surface area contributed by atoms with Crippen molar-refractivity contribution in [2.45, 2.75) is 45.2 Å². The summed E-state index contributed by atoms with van der Waals surface area (Å²) in [5.41, 5.74) is 0.652. The monoisotopic (exact) mass is 373 g/mol. The van der Waals surface area contributed by atoms with Gasteiger partial charge in [-0.05, 0) is 38.4 Å². The van der Waals surface area contributed by atoms with Gasteiger partial charge in [-0.2, -0.15) is 0 Å². The number of benzene rings is 1. The van der Waals surface area contributed by atoms with Crippen LogP contribution < -0.4 is 5.32 Å². The second kappa shape index (κ2) is 8.26. The molecule has 0 bridgehead atoms. The minimum atomic E-state index is -0.449. The normalized spacial score (nSPS) is 18.8. The number of likely N-dealkylation sites (tertiary alicyclic amines) is 1. The third kappa shape index (κ3) is 4.48. The molecule has 1 aromatic carbocycles. The molecule has 3 rings (SSSR count). The largest absolute Gasteiger partial charge is 0.419 e. The maximum absolute atomic E-state index is 11.6. The average molecular weight is 373 g/mol. The highest BCUT2D eigenvalue weighted by molar-refractivity contribution is 5.75. The summed E-state index contributed by atoms with van der Waals surface area (Å²) in [5.74, 6) is 0.887. The molecule has 1 amide bonds. The number of amides is 1. The van der Waals surface area contributed by atoms with Gasteiger partial charge in [-0.25, -0.2) is 0 Å². The number of rotatable bonds is 6. The second-order valence-electron chi connectivity index (χ2n) is 6.68. The predicted molar refractivity (Wildman–Crippen MR) is 97.8 cm³/mol. The fourth-order valence-electron chi connectivity index (χ4n) is 3.21. The van der Waals surface area contributed by atoms with Crippen molar-refractivity contribution >= 4 is 11.6 Å². The van der Waals surface area contributed by atoms with Crippen molar-refractivity contribution in [3.05, 3.63) is 40.3 Å². The molecule has 1 aliphatic rings. The summed E-state index contributed by atoms with van der Waals surface area (Å²) in [4.78, 5) is 24.2. The number of piperidine rings is 1. The fourth-order valence-corrected chi connectivity index (χ4v) is 3.21. The van der Waals surface area contributed by atoms with Gasteiger partial charge in [0, 0.05) is 36.7 Å². The molecule has 1 aliphatic heterocycles. The van der Waals surface area contributed by atoms with E-state index in [0.29, 0.717) is 23.8 Å². The summed E-state index contributed by atoms with van der Waals surface area (Å²) in [6.07, 6.45) is 2.43. The number of hydrogen-bond acceptors (Lipinski definition) is 7. The Morgan fingerprint density at radius 3 is 2.81 bits per heavy atom. The summed E-state index contributed by atoms with van der Waals surface area (Å²) >= 11 is 0. The first-order chi connectivity index (χ1) is 13.0. The molecular formula is C18H23N5O4. The highest BCUT2D eigenvalue weighted by Crippen LogP contribution is 2.27. The van der Waals surface area contributed by atoms with E-state index in [0.717, 1.165) is 25.9 Å². The third-order valence-electron chi connectivity index (χ3n) is 4.81. The van der Waals surface area contributed by atoms with E-state index in [4.69, 9.17) is 4.42 Å². The molecule has 0 aliphatic carbocycles. The Balaban J connectivity index is 1.68. The van der Waals surface area contributed by atoms with Crippen molar-refractivity contribution in [1.29, 1.82) is 0 Å². The molecule has 1 saturated heterocycles. The van der Waals surface area contributed by atoms with Gasteiger partial charge in [0.15, 0.2) is 0 Å². The molecule has 2 unspecified atom stereocenters. The molecule has 1 aromatic heterocycles.